The van der Waals surface area contributed by atoms with E-state index in [0.717, 1.165) is 75.4 Å². The van der Waals surface area contributed by atoms with E-state index in [9.17, 15) is 20.1 Å². The van der Waals surface area contributed by atoms with Crippen molar-refractivity contribution in [1.82, 2.24) is 5.32 Å². The van der Waals surface area contributed by atoms with Crippen molar-refractivity contribution in [3.8, 4) is 0 Å². The summed E-state index contributed by atoms with van der Waals surface area (Å²) in [5, 5.41) is 37.1. The molecular weight excluding hydrogens is 640 g/mol. The summed E-state index contributed by atoms with van der Waals surface area (Å²) < 4.78 is 1.15. The van der Waals surface area contributed by atoms with Gasteiger partial charge in [0.2, 0.25) is 5.91 Å². The van der Waals surface area contributed by atoms with Crippen molar-refractivity contribution >= 4 is 5.91 Å². The van der Waals surface area contributed by atoms with Crippen molar-refractivity contribution < 1.29 is 41.6 Å². The smallest absolute Gasteiger partial charge is 0.220 e. The van der Waals surface area contributed by atoms with Gasteiger partial charge in [-0.3, -0.25) is 4.79 Å². The molecule has 1 amide bonds. The van der Waals surface area contributed by atoms with Crippen LogP contribution < -0.4 is 22.3 Å². The molecule has 6 rings (SSSR count). The first-order valence-electron chi connectivity index (χ1n) is 18.8. The van der Waals surface area contributed by atoms with Crippen LogP contribution >= 0.6 is 0 Å². The maximum Gasteiger partial charge on any atom is 0.220 e. The normalized spacial score (nSPS) is 40.2. The van der Waals surface area contributed by atoms with Crippen LogP contribution in [0.1, 0.15) is 103 Å². The third-order valence-corrected chi connectivity index (χ3v) is 14.7. The van der Waals surface area contributed by atoms with Crippen LogP contribution in [0.3, 0.4) is 0 Å². The molecule has 4 saturated carbocycles. The molecule has 5 fully saturated rings. The van der Waals surface area contributed by atoms with Gasteiger partial charge in [0.15, 0.2) is 0 Å². The predicted molar refractivity (Wildman–Crippen MR) is 179 cm³/mol. The van der Waals surface area contributed by atoms with Gasteiger partial charge in [-0.15, -0.1) is 0 Å². The molecule has 6 nitrogen and oxygen atoms in total. The minimum absolute atomic E-state index is 0. The molecule has 1 aromatic rings. The Morgan fingerprint density at radius 3 is 2.46 bits per heavy atom. The number of aliphatic hydroxyl groups excluding tert-OH is 3. The summed E-state index contributed by atoms with van der Waals surface area (Å²) in [6.07, 6.45) is 11.8. The number of carbonyl (C=O) groups excluding carboxylic acids is 1. The van der Waals surface area contributed by atoms with Gasteiger partial charge in [-0.05, 0) is 110 Å². The minimum atomic E-state index is -0.371. The lowest BCUT2D eigenvalue weighted by molar-refractivity contribution is -0.915. The fourth-order valence-electron chi connectivity index (χ4n) is 12.0. The second-order valence-corrected chi connectivity index (χ2v) is 16.9. The molecular formula is C39H63BrN2O4. The maximum absolute atomic E-state index is 13.1. The number of rotatable bonds is 11. The molecule has 260 valence electrons. The Labute approximate surface area is 289 Å². The fraction of sp³-hybridized carbons (Fsp3) is 0.821. The van der Waals surface area contributed by atoms with E-state index in [1.807, 2.05) is 0 Å². The van der Waals surface area contributed by atoms with E-state index < -0.39 is 0 Å². The summed E-state index contributed by atoms with van der Waals surface area (Å²) in [5.41, 5.74) is 1.31. The van der Waals surface area contributed by atoms with Crippen LogP contribution in [0.5, 0.6) is 0 Å². The van der Waals surface area contributed by atoms with Crippen LogP contribution in [0.2, 0.25) is 0 Å². The number of likely N-dealkylation sites (tertiary alicyclic amines) is 1. The lowest BCUT2D eigenvalue weighted by Gasteiger charge is -2.63. The zero-order valence-electron chi connectivity index (χ0n) is 28.9. The molecule has 0 bridgehead atoms. The zero-order chi connectivity index (χ0) is 31.8. The molecule has 1 aliphatic heterocycles. The minimum Gasteiger partial charge on any atom is -1.00 e. The van der Waals surface area contributed by atoms with Crippen molar-refractivity contribution in [2.24, 2.45) is 46.3 Å². The summed E-state index contributed by atoms with van der Waals surface area (Å²) in [5.74, 6) is 2.15. The van der Waals surface area contributed by atoms with Crippen LogP contribution in [0.25, 0.3) is 0 Å². The van der Waals surface area contributed by atoms with Crippen molar-refractivity contribution in [3.05, 3.63) is 35.9 Å². The van der Waals surface area contributed by atoms with Crippen molar-refractivity contribution in [1.29, 1.82) is 0 Å². The number of quaternary nitrogens is 1. The Balaban J connectivity index is 0.00000417. The van der Waals surface area contributed by atoms with Gasteiger partial charge in [0, 0.05) is 25.7 Å². The van der Waals surface area contributed by atoms with E-state index >= 15 is 0 Å². The highest BCUT2D eigenvalue weighted by atomic mass is 79.9. The second-order valence-electron chi connectivity index (χ2n) is 16.9. The van der Waals surface area contributed by atoms with Gasteiger partial charge in [-0.1, -0.05) is 51.1 Å². The van der Waals surface area contributed by atoms with Gasteiger partial charge in [0.25, 0.3) is 0 Å². The topological polar surface area (TPSA) is 89.8 Å². The lowest BCUT2D eigenvalue weighted by Crippen LogP contribution is -3.00. The predicted octanol–water partition coefficient (Wildman–Crippen LogP) is 2.73. The average molecular weight is 704 g/mol. The first-order valence-corrected chi connectivity index (χ1v) is 18.8. The number of carbonyl (C=O) groups is 1. The van der Waals surface area contributed by atoms with E-state index in [2.05, 4.69) is 56.4 Å². The van der Waals surface area contributed by atoms with E-state index in [0.29, 0.717) is 36.0 Å². The largest absolute Gasteiger partial charge is 1.00 e. The van der Waals surface area contributed by atoms with Crippen molar-refractivity contribution in [2.45, 2.75) is 123 Å². The van der Waals surface area contributed by atoms with Gasteiger partial charge in [-0.25, -0.2) is 0 Å². The van der Waals surface area contributed by atoms with Crippen LogP contribution in [-0.2, 0) is 11.2 Å². The first-order chi connectivity index (χ1) is 21.6. The second kappa shape index (κ2) is 14.9. The number of hydrogen-bond donors (Lipinski definition) is 4. The number of nitrogens with one attached hydrogen (secondary N) is 1. The van der Waals surface area contributed by atoms with E-state index in [4.69, 9.17) is 0 Å². The molecule has 4 N–H and O–H groups in total. The molecule has 0 radical (unpaired) electrons. The van der Waals surface area contributed by atoms with Gasteiger partial charge >= 0.3 is 0 Å². The van der Waals surface area contributed by atoms with Crippen molar-refractivity contribution in [3.63, 3.8) is 0 Å². The monoisotopic (exact) mass is 702 g/mol. The van der Waals surface area contributed by atoms with Gasteiger partial charge in [0.05, 0.1) is 51.0 Å². The number of nitrogens with zero attached hydrogens (tertiary/aromatic N) is 1. The van der Waals surface area contributed by atoms with Crippen molar-refractivity contribution in [2.75, 3.05) is 32.7 Å². The third-order valence-electron chi connectivity index (χ3n) is 14.7. The van der Waals surface area contributed by atoms with Crippen LogP contribution in [0.4, 0.5) is 0 Å². The Morgan fingerprint density at radius 1 is 0.978 bits per heavy atom. The number of aliphatic hydroxyl groups is 3. The van der Waals surface area contributed by atoms with Crippen LogP contribution in [0.15, 0.2) is 30.3 Å². The van der Waals surface area contributed by atoms with E-state index in [-0.39, 0.29) is 57.9 Å². The maximum atomic E-state index is 13.1. The molecule has 0 spiro atoms. The summed E-state index contributed by atoms with van der Waals surface area (Å²) >= 11 is 0. The van der Waals surface area contributed by atoms with Gasteiger partial charge in [0.1, 0.15) is 0 Å². The number of halogens is 1. The summed E-state index contributed by atoms with van der Waals surface area (Å²) in [6.45, 7) is 12.5. The highest BCUT2D eigenvalue weighted by Gasteiger charge is 2.65. The molecule has 5 aliphatic rings. The standard InChI is InChI=1S/C39H62N2O4.BrH/c1-27(13-16-36(45)40-19-23-41(20-7-8-21-41)22-9-12-28-10-5-4-6-11-28)31-14-15-32-37-33(26-35(44)39(31,32)3)38(2)18-17-30(42)24-29(38)25-34(37)43;/h4-6,10-11,27,29-35,37,42-44H,7-9,12-26H2,1-3H3;1H/t27-,29+,30-,31-,32+,33+,34-,35+,37+,38+,39-;/m1./s1. The Hall–Kier alpha value is -0.990. The van der Waals surface area contributed by atoms with E-state index in [1.165, 1.54) is 44.5 Å². The van der Waals surface area contributed by atoms with Gasteiger partial charge < -0.3 is 42.1 Å². The molecule has 11 atom stereocenters. The molecule has 1 aromatic carbocycles. The van der Waals surface area contributed by atoms with Gasteiger partial charge in [-0.2, -0.15) is 0 Å². The molecule has 0 aromatic heterocycles. The molecule has 1 saturated heterocycles. The lowest BCUT2D eigenvalue weighted by atomic mass is 9.43. The summed E-state index contributed by atoms with van der Waals surface area (Å²) in [7, 11) is 0. The van der Waals surface area contributed by atoms with E-state index in [1.54, 1.807) is 0 Å². The number of aryl methyl sites for hydroxylation is 1. The Bertz CT molecular complexity index is 1150. The molecule has 4 aliphatic carbocycles. The quantitative estimate of drug-likeness (QED) is 0.267. The Morgan fingerprint density at radius 2 is 1.72 bits per heavy atom. The fourth-order valence-corrected chi connectivity index (χ4v) is 12.0. The average Bonchev–Trinajstić information content (AvgIpc) is 3.63. The molecule has 1 heterocycles. The van der Waals surface area contributed by atoms with Crippen LogP contribution in [-0.4, -0.2) is 76.7 Å². The first kappa shape index (κ1) is 36.3. The SMILES string of the molecule is C[C@H](CCC(=O)NCC[N+]1(CCCc2ccccc2)CCCC1)[C@H]1CC[C@H]2[C@@H]3[C@H](O)C[C@@H]4C[C@H](O)CC[C@]4(C)[C@H]3C[C@H](O)[C@]12C.[Br-]. The zero-order valence-corrected chi connectivity index (χ0v) is 30.5. The number of benzene rings is 1. The molecule has 46 heavy (non-hydrogen) atoms. The third kappa shape index (κ3) is 7.02. The molecule has 0 unspecified atom stereocenters. The number of fused-ring (bicyclic) bond motifs is 5. The highest BCUT2D eigenvalue weighted by molar-refractivity contribution is 5.75. The van der Waals surface area contributed by atoms with Crippen LogP contribution in [0, 0.1) is 46.3 Å². The number of amides is 1. The summed E-state index contributed by atoms with van der Waals surface area (Å²) in [4.78, 5) is 13.1. The highest BCUT2D eigenvalue weighted by Crippen LogP contribution is 2.68. The Kier molecular flexibility index (Phi) is 11.7. The molecule has 7 heteroatoms. The number of hydrogen-bond acceptors (Lipinski definition) is 4. The summed E-state index contributed by atoms with van der Waals surface area (Å²) in [6, 6.07) is 10.8.